The lowest BCUT2D eigenvalue weighted by atomic mass is 9.98. The first kappa shape index (κ1) is 14.9. The molecule has 0 saturated carbocycles. The van der Waals surface area contributed by atoms with Gasteiger partial charge in [-0.05, 0) is 19.5 Å². The van der Waals surface area contributed by atoms with Crippen LogP contribution in [0.15, 0.2) is 30.3 Å². The number of Topliss-reactive ketones (excluding diaryl/α,β-unsaturated/α-hetero) is 1. The molecule has 0 bridgehead atoms. The Balaban J connectivity index is 2.85. The zero-order valence-electron chi connectivity index (χ0n) is 11.9. The van der Waals surface area contributed by atoms with Crippen LogP contribution in [0.1, 0.15) is 50.4 Å². The summed E-state index contributed by atoms with van der Waals surface area (Å²) in [7, 11) is 0. The van der Waals surface area contributed by atoms with Gasteiger partial charge in [0.15, 0.2) is 5.78 Å². The second-order valence-electron chi connectivity index (χ2n) is 4.61. The van der Waals surface area contributed by atoms with Crippen LogP contribution in [0.5, 0.6) is 0 Å². The minimum Gasteiger partial charge on any atom is -0.294 e. The second kappa shape index (κ2) is 8.04. The number of unbranched alkanes of at least 4 members (excludes halogenated alkanes) is 1. The molecule has 0 radical (unpaired) electrons. The molecule has 18 heavy (non-hydrogen) atoms. The van der Waals surface area contributed by atoms with Crippen LogP contribution in [0.4, 0.5) is 0 Å². The van der Waals surface area contributed by atoms with E-state index in [4.69, 9.17) is 0 Å². The first-order valence-corrected chi connectivity index (χ1v) is 7.07. The first-order valence-electron chi connectivity index (χ1n) is 7.07. The Hall–Kier alpha value is -1.15. The van der Waals surface area contributed by atoms with E-state index in [0.717, 1.165) is 37.9 Å². The van der Waals surface area contributed by atoms with Crippen molar-refractivity contribution >= 4 is 5.78 Å². The molecule has 1 aromatic rings. The number of rotatable bonds is 8. The highest BCUT2D eigenvalue weighted by Crippen LogP contribution is 2.15. The number of benzene rings is 1. The van der Waals surface area contributed by atoms with E-state index in [1.54, 1.807) is 0 Å². The van der Waals surface area contributed by atoms with E-state index in [1.807, 2.05) is 30.3 Å². The van der Waals surface area contributed by atoms with E-state index in [-0.39, 0.29) is 11.8 Å². The number of hydrogen-bond acceptors (Lipinski definition) is 2. The minimum atomic E-state index is 0.0438. The lowest BCUT2D eigenvalue weighted by Gasteiger charge is -2.28. The molecular weight excluding hydrogens is 222 g/mol. The number of likely N-dealkylation sites (N-methyl/N-ethyl adjacent to an activating group) is 1. The van der Waals surface area contributed by atoms with Gasteiger partial charge < -0.3 is 0 Å². The second-order valence-corrected chi connectivity index (χ2v) is 4.61. The highest BCUT2D eigenvalue weighted by molar-refractivity contribution is 6.00. The van der Waals surface area contributed by atoms with Gasteiger partial charge in [0.05, 0.1) is 6.04 Å². The van der Waals surface area contributed by atoms with E-state index in [1.165, 1.54) is 0 Å². The molecule has 1 unspecified atom stereocenters. The number of ketones is 1. The summed E-state index contributed by atoms with van der Waals surface area (Å²) in [5.41, 5.74) is 0.838. The van der Waals surface area contributed by atoms with Crippen LogP contribution < -0.4 is 0 Å². The molecule has 1 atom stereocenters. The molecule has 2 heteroatoms. The number of hydrogen-bond donors (Lipinski definition) is 0. The fraction of sp³-hybridized carbons (Fsp3) is 0.562. The topological polar surface area (TPSA) is 20.3 Å². The average Bonchev–Trinajstić information content (AvgIpc) is 2.43. The van der Waals surface area contributed by atoms with Gasteiger partial charge in [0.1, 0.15) is 0 Å². The summed E-state index contributed by atoms with van der Waals surface area (Å²) in [4.78, 5) is 14.8. The third kappa shape index (κ3) is 3.95. The zero-order valence-corrected chi connectivity index (χ0v) is 11.9. The van der Waals surface area contributed by atoms with Crippen LogP contribution in [0.3, 0.4) is 0 Å². The Morgan fingerprint density at radius 2 is 1.72 bits per heavy atom. The summed E-state index contributed by atoms with van der Waals surface area (Å²) in [6.07, 6.45) is 3.21. The van der Waals surface area contributed by atoms with E-state index < -0.39 is 0 Å². The van der Waals surface area contributed by atoms with Gasteiger partial charge in [0.2, 0.25) is 0 Å². The number of carbonyl (C=O) groups is 1. The number of carbonyl (C=O) groups excluding carboxylic acids is 1. The van der Waals surface area contributed by atoms with Crippen molar-refractivity contribution in [3.05, 3.63) is 35.9 Å². The van der Waals surface area contributed by atoms with E-state index in [2.05, 4.69) is 25.7 Å². The Morgan fingerprint density at radius 3 is 2.22 bits per heavy atom. The fourth-order valence-corrected chi connectivity index (χ4v) is 2.34. The molecule has 1 aromatic carbocycles. The lowest BCUT2D eigenvalue weighted by molar-refractivity contribution is 0.0816. The van der Waals surface area contributed by atoms with E-state index in [9.17, 15) is 4.79 Å². The highest BCUT2D eigenvalue weighted by atomic mass is 16.1. The van der Waals surface area contributed by atoms with Gasteiger partial charge in [-0.15, -0.1) is 0 Å². The Kier molecular flexibility index (Phi) is 6.66. The summed E-state index contributed by atoms with van der Waals surface area (Å²) < 4.78 is 0. The van der Waals surface area contributed by atoms with Crippen molar-refractivity contribution < 1.29 is 4.79 Å². The van der Waals surface area contributed by atoms with Gasteiger partial charge in [-0.1, -0.05) is 63.9 Å². The van der Waals surface area contributed by atoms with Crippen molar-refractivity contribution in [1.29, 1.82) is 0 Å². The van der Waals surface area contributed by atoms with Crippen LogP contribution in [-0.4, -0.2) is 29.8 Å². The van der Waals surface area contributed by atoms with E-state index >= 15 is 0 Å². The zero-order chi connectivity index (χ0) is 13.4. The Labute approximate surface area is 111 Å². The maximum atomic E-state index is 12.6. The molecule has 0 N–H and O–H groups in total. The Morgan fingerprint density at radius 1 is 1.11 bits per heavy atom. The van der Waals surface area contributed by atoms with Gasteiger partial charge in [-0.3, -0.25) is 9.69 Å². The summed E-state index contributed by atoms with van der Waals surface area (Å²) >= 11 is 0. The molecule has 0 aliphatic carbocycles. The summed E-state index contributed by atoms with van der Waals surface area (Å²) in [6, 6.07) is 9.71. The van der Waals surface area contributed by atoms with E-state index in [0.29, 0.717) is 0 Å². The molecule has 0 spiro atoms. The molecule has 0 aliphatic heterocycles. The van der Waals surface area contributed by atoms with Gasteiger partial charge in [0.25, 0.3) is 0 Å². The van der Waals surface area contributed by atoms with Gasteiger partial charge in [0, 0.05) is 5.56 Å². The highest BCUT2D eigenvalue weighted by Gasteiger charge is 2.23. The van der Waals surface area contributed by atoms with Crippen molar-refractivity contribution in [3.8, 4) is 0 Å². The SMILES string of the molecule is CCCCC(C(=O)c1ccccc1)N(CC)CC. The summed E-state index contributed by atoms with van der Waals surface area (Å²) in [5, 5.41) is 0. The van der Waals surface area contributed by atoms with Crippen molar-refractivity contribution in [3.63, 3.8) is 0 Å². The lowest BCUT2D eigenvalue weighted by Crippen LogP contribution is -2.41. The average molecular weight is 247 g/mol. The normalized spacial score (nSPS) is 12.7. The smallest absolute Gasteiger partial charge is 0.179 e. The molecular formula is C16H25NO. The third-order valence-corrected chi connectivity index (χ3v) is 3.45. The molecule has 0 amide bonds. The summed E-state index contributed by atoms with van der Waals surface area (Å²) in [5.74, 6) is 0.271. The van der Waals surface area contributed by atoms with Crippen LogP contribution in [0, 0.1) is 0 Å². The Bertz CT molecular complexity index is 343. The molecule has 0 aliphatic rings. The number of nitrogens with zero attached hydrogens (tertiary/aromatic N) is 1. The maximum absolute atomic E-state index is 12.6. The predicted octanol–water partition coefficient (Wildman–Crippen LogP) is 3.77. The molecule has 0 aromatic heterocycles. The van der Waals surface area contributed by atoms with Gasteiger partial charge in [-0.2, -0.15) is 0 Å². The van der Waals surface area contributed by atoms with Gasteiger partial charge in [-0.25, -0.2) is 0 Å². The minimum absolute atomic E-state index is 0.0438. The van der Waals surface area contributed by atoms with Crippen LogP contribution >= 0.6 is 0 Å². The molecule has 100 valence electrons. The van der Waals surface area contributed by atoms with Crippen molar-refractivity contribution in [2.45, 2.75) is 46.1 Å². The molecule has 1 rings (SSSR count). The van der Waals surface area contributed by atoms with Gasteiger partial charge >= 0.3 is 0 Å². The molecule has 2 nitrogen and oxygen atoms in total. The van der Waals surface area contributed by atoms with Crippen LogP contribution in [0.2, 0.25) is 0 Å². The van der Waals surface area contributed by atoms with Crippen LogP contribution in [-0.2, 0) is 0 Å². The molecule has 0 fully saturated rings. The third-order valence-electron chi connectivity index (χ3n) is 3.45. The molecule has 0 heterocycles. The fourth-order valence-electron chi connectivity index (χ4n) is 2.34. The van der Waals surface area contributed by atoms with Crippen molar-refractivity contribution in [2.75, 3.05) is 13.1 Å². The quantitative estimate of drug-likeness (QED) is 0.652. The van der Waals surface area contributed by atoms with Crippen molar-refractivity contribution in [2.24, 2.45) is 0 Å². The molecule has 0 saturated heterocycles. The van der Waals surface area contributed by atoms with Crippen molar-refractivity contribution in [1.82, 2.24) is 4.90 Å². The predicted molar refractivity (Wildman–Crippen MR) is 77.0 cm³/mol. The van der Waals surface area contributed by atoms with Crippen LogP contribution in [0.25, 0.3) is 0 Å². The maximum Gasteiger partial charge on any atom is 0.179 e. The monoisotopic (exact) mass is 247 g/mol. The summed E-state index contributed by atoms with van der Waals surface area (Å²) in [6.45, 7) is 8.29. The standard InChI is InChI=1S/C16H25NO/c1-4-7-13-15(17(5-2)6-3)16(18)14-11-9-8-10-12-14/h8-12,15H,4-7,13H2,1-3H3. The first-order chi connectivity index (χ1) is 8.74. The largest absolute Gasteiger partial charge is 0.294 e.